The van der Waals surface area contributed by atoms with Crippen LogP contribution < -0.4 is 9.47 Å². The number of fused-ring (bicyclic) bond motifs is 1. The Kier molecular flexibility index (Phi) is 4.91. The molecule has 0 saturated carbocycles. The minimum atomic E-state index is -0.611. The van der Waals surface area contributed by atoms with Crippen LogP contribution in [-0.4, -0.2) is 29.8 Å². The Bertz CT molecular complexity index is 886. The highest BCUT2D eigenvalue weighted by Crippen LogP contribution is 2.40. The van der Waals surface area contributed by atoms with Gasteiger partial charge in [-0.1, -0.05) is 38.9 Å². The summed E-state index contributed by atoms with van der Waals surface area (Å²) in [4.78, 5) is 5.10. The molecule has 27 heavy (non-hydrogen) atoms. The van der Waals surface area contributed by atoms with E-state index < -0.39 is 5.41 Å². The predicted octanol–water partition coefficient (Wildman–Crippen LogP) is 4.28. The van der Waals surface area contributed by atoms with E-state index in [0.717, 1.165) is 11.1 Å². The average Bonchev–Trinajstić information content (AvgIpc) is 3.07. The minimum Gasteiger partial charge on any atom is -0.508 e. The van der Waals surface area contributed by atoms with Crippen LogP contribution in [0.3, 0.4) is 0 Å². The van der Waals surface area contributed by atoms with Gasteiger partial charge in [0, 0.05) is 17.0 Å². The quantitative estimate of drug-likeness (QED) is 0.606. The van der Waals surface area contributed by atoms with Crippen molar-refractivity contribution >= 4 is 5.71 Å². The van der Waals surface area contributed by atoms with Gasteiger partial charge in [-0.3, -0.25) is 0 Å². The summed E-state index contributed by atoms with van der Waals surface area (Å²) in [5.41, 5.74) is 2.11. The van der Waals surface area contributed by atoms with Crippen LogP contribution in [0, 0.1) is 0 Å². The molecule has 1 aliphatic rings. The number of aromatic hydroxyl groups is 2. The third kappa shape index (κ3) is 3.39. The van der Waals surface area contributed by atoms with Gasteiger partial charge in [0.05, 0.1) is 0 Å². The first-order valence-electron chi connectivity index (χ1n) is 8.83. The number of phenolic OH excluding ortho intramolecular Hbond substituents is 2. The standard InChI is InChI=1S/C21H25NO5/c1-12(2)14-9-15(17(24)10-16(14)23)20(22-25-5)21(3,4)13-6-7-18-19(8-13)27-11-26-18/h6-10,12,23-24H,11H2,1-5H3/b22-20+. The second kappa shape index (κ2) is 7.02. The van der Waals surface area contributed by atoms with Crippen molar-refractivity contribution in [1.82, 2.24) is 0 Å². The predicted molar refractivity (Wildman–Crippen MR) is 103 cm³/mol. The molecule has 0 spiro atoms. The zero-order valence-corrected chi connectivity index (χ0v) is 16.2. The van der Waals surface area contributed by atoms with Crippen LogP contribution in [0.15, 0.2) is 35.5 Å². The SMILES string of the molecule is CO/N=C(\c1cc(C(C)C)c(O)cc1O)C(C)(C)c1ccc2c(c1)OCO2. The molecule has 0 atom stereocenters. The number of hydrogen-bond donors (Lipinski definition) is 2. The molecule has 0 radical (unpaired) electrons. The number of phenols is 2. The van der Waals surface area contributed by atoms with Crippen molar-refractivity contribution in [1.29, 1.82) is 0 Å². The van der Waals surface area contributed by atoms with Crippen molar-refractivity contribution < 1.29 is 24.5 Å². The monoisotopic (exact) mass is 371 g/mol. The second-order valence-electron chi connectivity index (χ2n) is 7.40. The topological polar surface area (TPSA) is 80.5 Å². The van der Waals surface area contributed by atoms with Crippen molar-refractivity contribution in [2.45, 2.75) is 39.0 Å². The fourth-order valence-electron chi connectivity index (χ4n) is 3.26. The first kappa shape index (κ1) is 18.9. The first-order chi connectivity index (χ1) is 12.8. The van der Waals surface area contributed by atoms with Gasteiger partial charge in [-0.15, -0.1) is 0 Å². The summed E-state index contributed by atoms with van der Waals surface area (Å²) >= 11 is 0. The molecule has 6 nitrogen and oxygen atoms in total. The summed E-state index contributed by atoms with van der Waals surface area (Å²) in [7, 11) is 1.47. The van der Waals surface area contributed by atoms with Gasteiger partial charge in [-0.2, -0.15) is 0 Å². The summed E-state index contributed by atoms with van der Waals surface area (Å²) in [6, 6.07) is 8.83. The molecule has 6 heteroatoms. The largest absolute Gasteiger partial charge is 0.508 e. The second-order valence-corrected chi connectivity index (χ2v) is 7.40. The lowest BCUT2D eigenvalue weighted by Gasteiger charge is -2.28. The number of ether oxygens (including phenoxy) is 2. The van der Waals surface area contributed by atoms with Crippen molar-refractivity contribution in [2.24, 2.45) is 5.16 Å². The van der Waals surface area contributed by atoms with Crippen LogP contribution in [0.2, 0.25) is 0 Å². The summed E-state index contributed by atoms with van der Waals surface area (Å²) in [6.45, 7) is 8.14. The molecule has 2 aromatic rings. The van der Waals surface area contributed by atoms with E-state index in [1.165, 1.54) is 13.2 Å². The van der Waals surface area contributed by atoms with Crippen LogP contribution in [0.5, 0.6) is 23.0 Å². The molecule has 0 aromatic heterocycles. The average molecular weight is 371 g/mol. The highest BCUT2D eigenvalue weighted by Gasteiger charge is 2.33. The van der Waals surface area contributed by atoms with Crippen molar-refractivity contribution in [3.63, 3.8) is 0 Å². The van der Waals surface area contributed by atoms with Crippen LogP contribution in [0.1, 0.15) is 50.3 Å². The lowest BCUT2D eigenvalue weighted by Crippen LogP contribution is -2.30. The third-order valence-electron chi connectivity index (χ3n) is 4.89. The normalized spacial score (nSPS) is 13.9. The van der Waals surface area contributed by atoms with E-state index in [0.29, 0.717) is 22.8 Å². The van der Waals surface area contributed by atoms with E-state index in [2.05, 4.69) is 5.16 Å². The first-order valence-corrected chi connectivity index (χ1v) is 8.83. The van der Waals surface area contributed by atoms with Gasteiger partial charge in [0.2, 0.25) is 6.79 Å². The van der Waals surface area contributed by atoms with Gasteiger partial charge < -0.3 is 24.5 Å². The number of nitrogens with zero attached hydrogens (tertiary/aromatic N) is 1. The fourth-order valence-corrected chi connectivity index (χ4v) is 3.26. The number of rotatable bonds is 5. The van der Waals surface area contributed by atoms with Crippen LogP contribution in [0.25, 0.3) is 0 Å². The Morgan fingerprint density at radius 3 is 2.44 bits per heavy atom. The molecule has 1 aliphatic heterocycles. The Labute approximate surface area is 159 Å². The summed E-state index contributed by atoms with van der Waals surface area (Å²) in [5, 5.41) is 24.9. The van der Waals surface area contributed by atoms with Gasteiger partial charge in [0.1, 0.15) is 24.3 Å². The Morgan fingerprint density at radius 2 is 1.78 bits per heavy atom. The highest BCUT2D eigenvalue weighted by molar-refractivity contribution is 6.09. The van der Waals surface area contributed by atoms with Crippen LogP contribution in [-0.2, 0) is 10.3 Å². The van der Waals surface area contributed by atoms with Gasteiger partial charge in [-0.05, 0) is 35.2 Å². The molecule has 0 amide bonds. The maximum atomic E-state index is 10.5. The molecule has 2 aromatic carbocycles. The van der Waals surface area contributed by atoms with E-state index in [9.17, 15) is 10.2 Å². The number of benzene rings is 2. The van der Waals surface area contributed by atoms with Crippen LogP contribution in [0.4, 0.5) is 0 Å². The number of hydrogen-bond acceptors (Lipinski definition) is 6. The lowest BCUT2D eigenvalue weighted by molar-refractivity contribution is 0.174. The lowest BCUT2D eigenvalue weighted by atomic mass is 9.76. The zero-order chi connectivity index (χ0) is 19.8. The zero-order valence-electron chi connectivity index (χ0n) is 16.2. The maximum Gasteiger partial charge on any atom is 0.231 e. The fraction of sp³-hybridized carbons (Fsp3) is 0.381. The van der Waals surface area contributed by atoms with E-state index in [1.807, 2.05) is 45.9 Å². The molecule has 2 N–H and O–H groups in total. The van der Waals surface area contributed by atoms with Gasteiger partial charge >= 0.3 is 0 Å². The molecule has 0 aliphatic carbocycles. The molecule has 3 rings (SSSR count). The highest BCUT2D eigenvalue weighted by atomic mass is 16.7. The van der Waals surface area contributed by atoms with E-state index in [1.54, 1.807) is 6.07 Å². The smallest absolute Gasteiger partial charge is 0.231 e. The molecule has 144 valence electrons. The summed E-state index contributed by atoms with van der Waals surface area (Å²) < 4.78 is 10.9. The molecular weight excluding hydrogens is 346 g/mol. The Hall–Kier alpha value is -2.89. The van der Waals surface area contributed by atoms with Gasteiger partial charge in [-0.25, -0.2) is 0 Å². The molecule has 0 fully saturated rings. The summed E-state index contributed by atoms with van der Waals surface area (Å²) in [6.07, 6.45) is 0. The van der Waals surface area contributed by atoms with E-state index in [-0.39, 0.29) is 24.2 Å². The van der Waals surface area contributed by atoms with Crippen molar-refractivity contribution in [3.05, 3.63) is 47.0 Å². The third-order valence-corrected chi connectivity index (χ3v) is 4.89. The minimum absolute atomic E-state index is 0.0541. The molecule has 0 saturated heterocycles. The van der Waals surface area contributed by atoms with Crippen LogP contribution >= 0.6 is 0 Å². The van der Waals surface area contributed by atoms with Gasteiger partial charge in [0.25, 0.3) is 0 Å². The van der Waals surface area contributed by atoms with E-state index >= 15 is 0 Å². The molecule has 0 bridgehead atoms. The van der Waals surface area contributed by atoms with Gasteiger partial charge in [0.15, 0.2) is 11.5 Å². The van der Waals surface area contributed by atoms with Crippen molar-refractivity contribution in [3.8, 4) is 23.0 Å². The molecule has 0 unspecified atom stereocenters. The Morgan fingerprint density at radius 1 is 1.07 bits per heavy atom. The number of oxime groups is 1. The summed E-state index contributed by atoms with van der Waals surface area (Å²) in [5.74, 6) is 1.47. The Balaban J connectivity index is 2.13. The molecular formula is C21H25NO5. The van der Waals surface area contributed by atoms with Crippen molar-refractivity contribution in [2.75, 3.05) is 13.9 Å². The maximum absolute atomic E-state index is 10.5. The van der Waals surface area contributed by atoms with E-state index in [4.69, 9.17) is 14.3 Å². The molecule has 1 heterocycles.